The second-order valence-corrected chi connectivity index (χ2v) is 6.94. The number of benzene rings is 2. The topological polar surface area (TPSA) is 75.4 Å². The largest absolute Gasteiger partial charge is 0.480 e. The van der Waals surface area contributed by atoms with E-state index >= 15 is 0 Å². The highest BCUT2D eigenvalue weighted by atomic mass is 16.4. The Morgan fingerprint density at radius 2 is 1.68 bits per heavy atom. The van der Waals surface area contributed by atoms with Crippen LogP contribution in [-0.2, 0) is 4.79 Å². The Bertz CT molecular complexity index is 922. The number of carbonyl (C=O) groups is 2. The first-order valence-corrected chi connectivity index (χ1v) is 9.37. The summed E-state index contributed by atoms with van der Waals surface area (Å²) in [5, 5.41) is 13.8. The molecule has 1 heterocycles. The molecule has 0 bridgehead atoms. The third-order valence-electron chi connectivity index (χ3n) is 5.08. The Hall–Kier alpha value is -3.41. The van der Waals surface area contributed by atoms with Gasteiger partial charge in [-0.05, 0) is 37.5 Å². The Morgan fingerprint density at radius 1 is 1.04 bits per heavy atom. The van der Waals surface area contributed by atoms with Gasteiger partial charge >= 0.3 is 5.97 Å². The van der Waals surface area contributed by atoms with E-state index < -0.39 is 5.97 Å². The van der Waals surface area contributed by atoms with Gasteiger partial charge < -0.3 is 10.0 Å². The Labute approximate surface area is 163 Å². The molecule has 142 valence electrons. The second kappa shape index (κ2) is 7.68. The van der Waals surface area contributed by atoms with Gasteiger partial charge in [0.25, 0.3) is 5.91 Å². The number of aliphatic carboxylic acids is 1. The molecular formula is C22H21N3O3. The van der Waals surface area contributed by atoms with Gasteiger partial charge in [0.05, 0.1) is 11.4 Å². The van der Waals surface area contributed by atoms with E-state index in [0.717, 1.165) is 36.2 Å². The number of carbonyl (C=O) groups excluding carboxylic acids is 1. The minimum atomic E-state index is -1.01. The summed E-state index contributed by atoms with van der Waals surface area (Å²) in [5.41, 5.74) is 2.83. The van der Waals surface area contributed by atoms with E-state index in [2.05, 4.69) is 5.10 Å². The van der Waals surface area contributed by atoms with Gasteiger partial charge in [0.1, 0.15) is 6.54 Å². The molecule has 1 aliphatic carbocycles. The normalized spacial score (nSPS) is 13.7. The number of hydrogen-bond donors (Lipinski definition) is 1. The van der Waals surface area contributed by atoms with Crippen LogP contribution in [0.4, 0.5) is 0 Å². The van der Waals surface area contributed by atoms with Crippen molar-refractivity contribution in [1.82, 2.24) is 14.7 Å². The highest BCUT2D eigenvalue weighted by Crippen LogP contribution is 2.28. The van der Waals surface area contributed by atoms with Crippen molar-refractivity contribution in [1.29, 1.82) is 0 Å². The molecule has 0 saturated heterocycles. The summed E-state index contributed by atoms with van der Waals surface area (Å²) in [6, 6.07) is 21.1. The van der Waals surface area contributed by atoms with Crippen LogP contribution >= 0.6 is 0 Å². The molecule has 3 aromatic rings. The summed E-state index contributed by atoms with van der Waals surface area (Å²) in [6.07, 6.45) is 2.69. The smallest absolute Gasteiger partial charge is 0.323 e. The van der Waals surface area contributed by atoms with Crippen LogP contribution in [0.3, 0.4) is 0 Å². The predicted molar refractivity (Wildman–Crippen MR) is 105 cm³/mol. The first kappa shape index (κ1) is 18.0. The van der Waals surface area contributed by atoms with Crippen LogP contribution in [0.1, 0.15) is 29.8 Å². The summed E-state index contributed by atoms with van der Waals surface area (Å²) in [7, 11) is 0. The summed E-state index contributed by atoms with van der Waals surface area (Å²) in [4.78, 5) is 25.9. The molecule has 1 aromatic heterocycles. The van der Waals surface area contributed by atoms with Crippen molar-refractivity contribution in [2.45, 2.75) is 25.3 Å². The lowest BCUT2D eigenvalue weighted by molar-refractivity contribution is -0.138. The number of carboxylic acids is 1. The minimum Gasteiger partial charge on any atom is -0.480 e. The van der Waals surface area contributed by atoms with E-state index in [1.807, 2.05) is 60.7 Å². The van der Waals surface area contributed by atoms with Crippen molar-refractivity contribution in [2.24, 2.45) is 0 Å². The third-order valence-corrected chi connectivity index (χ3v) is 5.08. The molecule has 28 heavy (non-hydrogen) atoms. The van der Waals surface area contributed by atoms with E-state index in [1.165, 1.54) is 4.90 Å². The number of para-hydroxylation sites is 1. The molecule has 1 saturated carbocycles. The van der Waals surface area contributed by atoms with Crippen molar-refractivity contribution in [3.63, 3.8) is 0 Å². The van der Waals surface area contributed by atoms with Gasteiger partial charge in [0.2, 0.25) is 0 Å². The zero-order valence-electron chi connectivity index (χ0n) is 15.4. The average molecular weight is 375 g/mol. The van der Waals surface area contributed by atoms with Gasteiger partial charge in [0.15, 0.2) is 5.69 Å². The fraction of sp³-hybridized carbons (Fsp3) is 0.227. The van der Waals surface area contributed by atoms with Crippen molar-refractivity contribution < 1.29 is 14.7 Å². The number of hydrogen-bond acceptors (Lipinski definition) is 3. The fourth-order valence-corrected chi connectivity index (χ4v) is 3.42. The van der Waals surface area contributed by atoms with Gasteiger partial charge in [-0.15, -0.1) is 0 Å². The molecule has 0 unspecified atom stereocenters. The number of aromatic nitrogens is 2. The van der Waals surface area contributed by atoms with E-state index in [0.29, 0.717) is 0 Å². The maximum atomic E-state index is 13.1. The molecule has 1 amide bonds. The minimum absolute atomic E-state index is 0.0225. The summed E-state index contributed by atoms with van der Waals surface area (Å²) >= 11 is 0. The van der Waals surface area contributed by atoms with Crippen molar-refractivity contribution in [3.05, 3.63) is 72.4 Å². The molecule has 4 rings (SSSR count). The summed E-state index contributed by atoms with van der Waals surface area (Å²) < 4.78 is 1.74. The fourth-order valence-electron chi connectivity index (χ4n) is 3.42. The van der Waals surface area contributed by atoms with Crippen LogP contribution in [0.5, 0.6) is 0 Å². The lowest BCUT2D eigenvalue weighted by Gasteiger charge is -2.36. The van der Waals surface area contributed by atoms with Gasteiger partial charge in [-0.25, -0.2) is 4.68 Å². The van der Waals surface area contributed by atoms with E-state index in [9.17, 15) is 14.7 Å². The van der Waals surface area contributed by atoms with Gasteiger partial charge in [-0.3, -0.25) is 9.59 Å². The van der Waals surface area contributed by atoms with E-state index in [-0.39, 0.29) is 24.2 Å². The molecule has 2 aromatic carbocycles. The highest BCUT2D eigenvalue weighted by Gasteiger charge is 2.32. The first-order valence-electron chi connectivity index (χ1n) is 9.37. The molecule has 6 heteroatoms. The number of rotatable bonds is 6. The van der Waals surface area contributed by atoms with Gasteiger partial charge in [-0.1, -0.05) is 48.5 Å². The van der Waals surface area contributed by atoms with Crippen LogP contribution in [0.2, 0.25) is 0 Å². The first-order chi connectivity index (χ1) is 13.6. The maximum absolute atomic E-state index is 13.1. The van der Waals surface area contributed by atoms with Gasteiger partial charge in [0, 0.05) is 11.6 Å². The molecule has 1 fully saturated rings. The van der Waals surface area contributed by atoms with E-state index in [1.54, 1.807) is 10.7 Å². The molecule has 1 N–H and O–H groups in total. The third kappa shape index (κ3) is 3.53. The number of nitrogens with zero attached hydrogens (tertiary/aromatic N) is 3. The van der Waals surface area contributed by atoms with Crippen LogP contribution in [0.25, 0.3) is 16.9 Å². The quantitative estimate of drug-likeness (QED) is 0.714. The lowest BCUT2D eigenvalue weighted by Crippen LogP contribution is -2.46. The average Bonchev–Trinajstić information content (AvgIpc) is 3.12. The van der Waals surface area contributed by atoms with Crippen LogP contribution < -0.4 is 0 Å². The molecule has 0 atom stereocenters. The molecule has 6 nitrogen and oxygen atoms in total. The number of carboxylic acid groups (broad SMARTS) is 1. The molecular weight excluding hydrogens is 354 g/mol. The lowest BCUT2D eigenvalue weighted by atomic mass is 9.91. The van der Waals surface area contributed by atoms with Crippen LogP contribution in [-0.4, -0.2) is 44.3 Å². The van der Waals surface area contributed by atoms with Crippen LogP contribution in [0.15, 0.2) is 66.7 Å². The maximum Gasteiger partial charge on any atom is 0.323 e. The van der Waals surface area contributed by atoms with Crippen molar-refractivity contribution in [2.75, 3.05) is 6.54 Å². The SMILES string of the molecule is O=C(O)CN(C(=O)c1cc(-c2ccccc2)n(-c2ccccc2)n1)C1CCC1. The van der Waals surface area contributed by atoms with E-state index in [4.69, 9.17) is 0 Å². The second-order valence-electron chi connectivity index (χ2n) is 6.94. The Morgan fingerprint density at radius 3 is 2.25 bits per heavy atom. The molecule has 0 radical (unpaired) electrons. The standard InChI is InChI=1S/C22H21N3O3/c26-21(27)15-24(17-12-7-13-17)22(28)19-14-20(16-8-3-1-4-9-16)25(23-19)18-10-5-2-6-11-18/h1-6,8-11,14,17H,7,12-13,15H2,(H,26,27). The molecule has 0 aliphatic heterocycles. The van der Waals surface area contributed by atoms with Crippen molar-refractivity contribution in [3.8, 4) is 16.9 Å². The Balaban J connectivity index is 1.76. The molecule has 0 spiro atoms. The number of amides is 1. The molecule has 1 aliphatic rings. The summed E-state index contributed by atoms with van der Waals surface area (Å²) in [6.45, 7) is -0.303. The summed E-state index contributed by atoms with van der Waals surface area (Å²) in [5.74, 6) is -1.34. The highest BCUT2D eigenvalue weighted by molar-refractivity contribution is 5.95. The monoisotopic (exact) mass is 375 g/mol. The predicted octanol–water partition coefficient (Wildman–Crippen LogP) is 3.62. The van der Waals surface area contributed by atoms with Gasteiger partial charge in [-0.2, -0.15) is 5.10 Å². The Kier molecular flexibility index (Phi) is 4.93. The zero-order chi connectivity index (χ0) is 19.5. The van der Waals surface area contributed by atoms with Crippen molar-refractivity contribution >= 4 is 11.9 Å². The zero-order valence-corrected chi connectivity index (χ0v) is 15.4. The van der Waals surface area contributed by atoms with Crippen LogP contribution in [0, 0.1) is 0 Å².